The molecule has 0 spiro atoms. The molecule has 3 N–H and O–H groups in total. The summed E-state index contributed by atoms with van der Waals surface area (Å²) in [6, 6.07) is 9.15. The molecule has 0 amide bonds. The van der Waals surface area contributed by atoms with Gasteiger partial charge in [0.25, 0.3) is 0 Å². The average Bonchev–Trinajstić information content (AvgIpc) is 2.34. The van der Waals surface area contributed by atoms with Crippen LogP contribution in [-0.4, -0.2) is 30.0 Å². The molecular weight excluding hydrogens is 234 g/mol. The first kappa shape index (κ1) is 14.5. The minimum absolute atomic E-state index is 0.102. The van der Waals surface area contributed by atoms with E-state index >= 15 is 0 Å². The van der Waals surface area contributed by atoms with Gasteiger partial charge in [-0.25, -0.2) is 4.79 Å². The number of aliphatic hydroxyl groups excluding tert-OH is 1. The summed E-state index contributed by atoms with van der Waals surface area (Å²) < 4.78 is 9.64. The summed E-state index contributed by atoms with van der Waals surface area (Å²) in [7, 11) is 0. The van der Waals surface area contributed by atoms with Crippen molar-refractivity contribution in [2.75, 3.05) is 6.61 Å². The van der Waals surface area contributed by atoms with Gasteiger partial charge in [-0.1, -0.05) is 30.3 Å². The highest BCUT2D eigenvalue weighted by atomic mass is 16.7. The number of aliphatic hydroxyl groups is 1. The molecule has 1 rings (SSSR count). The number of nitrogens with two attached hydrogens (primary N) is 1. The third-order valence-corrected chi connectivity index (χ3v) is 2.24. The molecule has 1 aromatic rings. The van der Waals surface area contributed by atoms with E-state index in [0.29, 0.717) is 6.42 Å². The summed E-state index contributed by atoms with van der Waals surface area (Å²) in [5, 5.41) is 9.44. The maximum atomic E-state index is 11.2. The van der Waals surface area contributed by atoms with Gasteiger partial charge in [-0.2, -0.15) is 0 Å². The van der Waals surface area contributed by atoms with Gasteiger partial charge in [0.2, 0.25) is 0 Å². The van der Waals surface area contributed by atoms with Crippen LogP contribution in [0.25, 0.3) is 0 Å². The largest absolute Gasteiger partial charge is 0.508 e. The molecule has 18 heavy (non-hydrogen) atoms. The Kier molecular flexibility index (Phi) is 6.18. The Morgan fingerprint density at radius 1 is 1.33 bits per heavy atom. The van der Waals surface area contributed by atoms with Crippen molar-refractivity contribution >= 4 is 6.16 Å². The fraction of sp³-hybridized carbons (Fsp3) is 0.462. The van der Waals surface area contributed by atoms with Crippen molar-refractivity contribution in [3.05, 3.63) is 35.9 Å². The maximum absolute atomic E-state index is 11.2. The van der Waals surface area contributed by atoms with Crippen molar-refractivity contribution in [3.63, 3.8) is 0 Å². The number of hydrogen-bond donors (Lipinski definition) is 2. The molecule has 0 aromatic heterocycles. The van der Waals surface area contributed by atoms with Gasteiger partial charge in [-0.05, 0) is 18.9 Å². The van der Waals surface area contributed by atoms with Crippen LogP contribution in [0.3, 0.4) is 0 Å². The van der Waals surface area contributed by atoms with E-state index in [-0.39, 0.29) is 19.3 Å². The van der Waals surface area contributed by atoms with E-state index in [4.69, 9.17) is 15.2 Å². The number of ether oxygens (including phenoxy) is 2. The molecule has 0 bridgehead atoms. The predicted molar refractivity (Wildman–Crippen MR) is 66.9 cm³/mol. The van der Waals surface area contributed by atoms with Crippen LogP contribution in [0.4, 0.5) is 4.79 Å². The van der Waals surface area contributed by atoms with E-state index in [1.165, 1.54) is 0 Å². The Hall–Kier alpha value is -1.59. The van der Waals surface area contributed by atoms with Crippen LogP contribution in [0.15, 0.2) is 30.3 Å². The highest BCUT2D eigenvalue weighted by Crippen LogP contribution is 2.02. The SMILES string of the molecule is CC(N)CC(O)COC(=O)OCc1ccccc1. The second-order valence-electron chi connectivity index (χ2n) is 4.20. The molecular formula is C13H19NO4. The Bertz CT molecular complexity index is 353. The zero-order chi connectivity index (χ0) is 13.4. The van der Waals surface area contributed by atoms with Gasteiger partial charge in [0.1, 0.15) is 13.2 Å². The molecule has 2 atom stereocenters. The van der Waals surface area contributed by atoms with Gasteiger partial charge < -0.3 is 20.3 Å². The van der Waals surface area contributed by atoms with E-state index in [1.807, 2.05) is 30.3 Å². The Morgan fingerprint density at radius 3 is 2.61 bits per heavy atom. The van der Waals surface area contributed by atoms with E-state index in [2.05, 4.69) is 0 Å². The molecule has 2 unspecified atom stereocenters. The van der Waals surface area contributed by atoms with Crippen LogP contribution in [0, 0.1) is 0 Å². The third kappa shape index (κ3) is 6.22. The smallest absolute Gasteiger partial charge is 0.432 e. The van der Waals surface area contributed by atoms with Crippen molar-refractivity contribution in [1.29, 1.82) is 0 Å². The highest BCUT2D eigenvalue weighted by Gasteiger charge is 2.11. The summed E-state index contributed by atoms with van der Waals surface area (Å²) in [5.41, 5.74) is 6.38. The minimum Gasteiger partial charge on any atom is -0.432 e. The lowest BCUT2D eigenvalue weighted by atomic mass is 10.2. The van der Waals surface area contributed by atoms with E-state index in [1.54, 1.807) is 6.92 Å². The monoisotopic (exact) mass is 253 g/mol. The molecule has 0 radical (unpaired) electrons. The van der Waals surface area contributed by atoms with Gasteiger partial charge in [-0.15, -0.1) is 0 Å². The summed E-state index contributed by atoms with van der Waals surface area (Å²) >= 11 is 0. The fourth-order valence-corrected chi connectivity index (χ4v) is 1.42. The molecule has 0 aliphatic carbocycles. The van der Waals surface area contributed by atoms with Crippen molar-refractivity contribution in [1.82, 2.24) is 0 Å². The first-order valence-electron chi connectivity index (χ1n) is 5.85. The van der Waals surface area contributed by atoms with Crippen LogP contribution in [-0.2, 0) is 16.1 Å². The van der Waals surface area contributed by atoms with E-state index in [0.717, 1.165) is 5.56 Å². The Labute approximate surface area is 107 Å². The second-order valence-corrected chi connectivity index (χ2v) is 4.20. The topological polar surface area (TPSA) is 81.8 Å². The lowest BCUT2D eigenvalue weighted by Gasteiger charge is -2.13. The quantitative estimate of drug-likeness (QED) is 0.750. The summed E-state index contributed by atoms with van der Waals surface area (Å²) in [5.74, 6) is 0. The molecule has 0 fully saturated rings. The number of carbonyl (C=O) groups excluding carboxylic acids is 1. The standard InChI is InChI=1S/C13H19NO4/c1-10(14)7-12(15)9-18-13(16)17-8-11-5-3-2-4-6-11/h2-6,10,12,15H,7-9,14H2,1H3. The van der Waals surface area contributed by atoms with E-state index < -0.39 is 12.3 Å². The number of carbonyl (C=O) groups is 1. The number of rotatable bonds is 6. The van der Waals surface area contributed by atoms with Crippen molar-refractivity contribution < 1.29 is 19.4 Å². The van der Waals surface area contributed by atoms with E-state index in [9.17, 15) is 9.90 Å². The zero-order valence-electron chi connectivity index (χ0n) is 10.4. The van der Waals surface area contributed by atoms with Crippen molar-refractivity contribution in [2.45, 2.75) is 32.1 Å². The summed E-state index contributed by atoms with van der Waals surface area (Å²) in [4.78, 5) is 11.2. The molecule has 5 heteroatoms. The first-order chi connectivity index (χ1) is 8.58. The number of hydrogen-bond acceptors (Lipinski definition) is 5. The molecule has 100 valence electrons. The van der Waals surface area contributed by atoms with Gasteiger partial charge >= 0.3 is 6.16 Å². The Morgan fingerprint density at radius 2 is 2.00 bits per heavy atom. The van der Waals surface area contributed by atoms with Crippen LogP contribution >= 0.6 is 0 Å². The van der Waals surface area contributed by atoms with Gasteiger partial charge in [-0.3, -0.25) is 0 Å². The Balaban J connectivity index is 2.18. The van der Waals surface area contributed by atoms with Crippen LogP contribution in [0.2, 0.25) is 0 Å². The highest BCUT2D eigenvalue weighted by molar-refractivity contribution is 5.59. The minimum atomic E-state index is -0.789. The van der Waals surface area contributed by atoms with Crippen LogP contribution in [0.1, 0.15) is 18.9 Å². The average molecular weight is 253 g/mol. The second kappa shape index (κ2) is 7.68. The maximum Gasteiger partial charge on any atom is 0.508 e. The lowest BCUT2D eigenvalue weighted by molar-refractivity contribution is 0.0119. The molecule has 0 heterocycles. The molecule has 1 aromatic carbocycles. The normalized spacial score (nSPS) is 13.7. The predicted octanol–water partition coefficient (Wildman–Crippen LogP) is 1.44. The van der Waals surface area contributed by atoms with Crippen LogP contribution in [0.5, 0.6) is 0 Å². The lowest BCUT2D eigenvalue weighted by Crippen LogP contribution is -2.27. The van der Waals surface area contributed by atoms with Gasteiger partial charge in [0, 0.05) is 6.04 Å². The molecule has 0 aliphatic heterocycles. The zero-order valence-corrected chi connectivity index (χ0v) is 10.4. The molecule has 5 nitrogen and oxygen atoms in total. The van der Waals surface area contributed by atoms with Gasteiger partial charge in [0.15, 0.2) is 0 Å². The van der Waals surface area contributed by atoms with Crippen LogP contribution < -0.4 is 5.73 Å². The molecule has 0 aliphatic rings. The first-order valence-corrected chi connectivity index (χ1v) is 5.85. The third-order valence-electron chi connectivity index (χ3n) is 2.24. The van der Waals surface area contributed by atoms with Crippen molar-refractivity contribution in [2.24, 2.45) is 5.73 Å². The molecule has 0 saturated heterocycles. The van der Waals surface area contributed by atoms with Crippen molar-refractivity contribution in [3.8, 4) is 0 Å². The van der Waals surface area contributed by atoms with Gasteiger partial charge in [0.05, 0.1) is 6.10 Å². The number of benzene rings is 1. The summed E-state index contributed by atoms with van der Waals surface area (Å²) in [6.45, 7) is 1.83. The summed E-state index contributed by atoms with van der Waals surface area (Å²) in [6.07, 6.45) is -1.16. The molecule has 0 saturated carbocycles. The fourth-order valence-electron chi connectivity index (χ4n) is 1.42.